The second-order valence-electron chi connectivity index (χ2n) is 5.80. The first kappa shape index (κ1) is 22.5. The SMILES string of the molecule is [CH2]CCCCCCCCCCCCCCCCC.[CaH2]. The fraction of sp³-hybridized carbons (Fsp3) is 0.944. The Kier molecular flexibility index (Phi) is 25.6. The molecule has 0 aromatic heterocycles. The van der Waals surface area contributed by atoms with Gasteiger partial charge in [0.05, 0.1) is 0 Å². The predicted octanol–water partition coefficient (Wildman–Crippen LogP) is 6.17. The van der Waals surface area contributed by atoms with E-state index in [2.05, 4.69) is 13.8 Å². The van der Waals surface area contributed by atoms with Crippen LogP contribution in [0.2, 0.25) is 0 Å². The quantitative estimate of drug-likeness (QED) is 0.250. The van der Waals surface area contributed by atoms with Crippen molar-refractivity contribution < 1.29 is 0 Å². The third kappa shape index (κ3) is 21.7. The molecule has 0 aliphatic carbocycles. The Hall–Kier alpha value is 1.26. The van der Waals surface area contributed by atoms with Crippen molar-refractivity contribution in [2.24, 2.45) is 0 Å². The molecule has 19 heavy (non-hydrogen) atoms. The molecule has 0 rings (SSSR count). The summed E-state index contributed by atoms with van der Waals surface area (Å²) >= 11 is 0. The first-order valence-electron chi connectivity index (χ1n) is 8.71. The Balaban J connectivity index is 0. The van der Waals surface area contributed by atoms with Crippen molar-refractivity contribution in [2.75, 3.05) is 0 Å². The fourth-order valence-electron chi connectivity index (χ4n) is 2.55. The van der Waals surface area contributed by atoms with E-state index >= 15 is 0 Å². The van der Waals surface area contributed by atoms with Crippen LogP contribution in [-0.4, -0.2) is 37.7 Å². The van der Waals surface area contributed by atoms with Gasteiger partial charge in [0.1, 0.15) is 0 Å². The molecule has 0 bridgehead atoms. The van der Waals surface area contributed by atoms with E-state index in [1.807, 2.05) is 0 Å². The predicted molar refractivity (Wildman–Crippen MR) is 93.4 cm³/mol. The molecule has 0 aliphatic rings. The van der Waals surface area contributed by atoms with Crippen molar-refractivity contribution in [3.8, 4) is 0 Å². The Morgan fingerprint density at radius 2 is 0.737 bits per heavy atom. The van der Waals surface area contributed by atoms with E-state index in [0.29, 0.717) is 0 Å². The van der Waals surface area contributed by atoms with Gasteiger partial charge in [0.25, 0.3) is 0 Å². The maximum absolute atomic E-state index is 3.88. The average Bonchev–Trinajstić information content (AvgIpc) is 2.39. The number of unbranched alkanes of at least 4 members (excludes halogenated alkanes) is 15. The minimum atomic E-state index is 0. The van der Waals surface area contributed by atoms with Crippen molar-refractivity contribution in [1.29, 1.82) is 0 Å². The van der Waals surface area contributed by atoms with E-state index in [9.17, 15) is 0 Å². The first-order valence-corrected chi connectivity index (χ1v) is 8.71. The molecule has 0 N–H and O–H groups in total. The Labute approximate surface area is 153 Å². The Morgan fingerprint density at radius 3 is 1.00 bits per heavy atom. The summed E-state index contributed by atoms with van der Waals surface area (Å²) in [5.41, 5.74) is 0. The second kappa shape index (κ2) is 21.6. The van der Waals surface area contributed by atoms with Gasteiger partial charge in [0.2, 0.25) is 0 Å². The summed E-state index contributed by atoms with van der Waals surface area (Å²) in [5, 5.41) is 0. The molecule has 0 saturated heterocycles. The number of hydrogen-bond acceptors (Lipinski definition) is 0. The van der Waals surface area contributed by atoms with Crippen molar-refractivity contribution in [2.45, 2.75) is 110 Å². The standard InChI is InChI=1S/C18H37.Ca.2H/c1-3-5-7-9-11-13-15-17-18-16-14-12-10-8-6-4-2;;;/h1,3-18H2,2H3;;;. The Bertz CT molecular complexity index is 118. The molecule has 1 radical (unpaired) electrons. The van der Waals surface area contributed by atoms with Gasteiger partial charge in [-0.3, -0.25) is 0 Å². The van der Waals surface area contributed by atoms with Crippen LogP contribution in [0.4, 0.5) is 0 Å². The average molecular weight is 296 g/mol. The summed E-state index contributed by atoms with van der Waals surface area (Å²) in [7, 11) is 0. The molecule has 0 unspecified atom stereocenters. The summed E-state index contributed by atoms with van der Waals surface area (Å²) in [6.07, 6.45) is 22.8. The van der Waals surface area contributed by atoms with Gasteiger partial charge in [-0.1, -0.05) is 117 Å². The monoisotopic (exact) mass is 295 g/mol. The fourth-order valence-corrected chi connectivity index (χ4v) is 2.55. The molecule has 0 saturated carbocycles. The third-order valence-corrected chi connectivity index (χ3v) is 3.85. The van der Waals surface area contributed by atoms with Gasteiger partial charge in [-0.15, -0.1) is 0 Å². The van der Waals surface area contributed by atoms with Gasteiger partial charge in [-0.25, -0.2) is 0 Å². The van der Waals surface area contributed by atoms with Crippen molar-refractivity contribution in [1.82, 2.24) is 0 Å². The zero-order valence-electron chi connectivity index (χ0n) is 13.0. The van der Waals surface area contributed by atoms with E-state index in [0.717, 1.165) is 6.42 Å². The van der Waals surface area contributed by atoms with E-state index < -0.39 is 0 Å². The molecule has 0 fully saturated rings. The molecule has 0 spiro atoms. The molecule has 113 valence electrons. The van der Waals surface area contributed by atoms with Crippen LogP contribution >= 0.6 is 0 Å². The van der Waals surface area contributed by atoms with Crippen LogP contribution in [0.1, 0.15) is 110 Å². The van der Waals surface area contributed by atoms with Gasteiger partial charge in [0, 0.05) is 0 Å². The normalized spacial score (nSPS) is 10.4. The Morgan fingerprint density at radius 1 is 0.474 bits per heavy atom. The summed E-state index contributed by atoms with van der Waals surface area (Å²) in [4.78, 5) is 0. The molecule has 0 heterocycles. The molecule has 0 aromatic carbocycles. The molecule has 0 aliphatic heterocycles. The van der Waals surface area contributed by atoms with Crippen LogP contribution in [0.15, 0.2) is 0 Å². The number of hydrogen-bond donors (Lipinski definition) is 0. The maximum atomic E-state index is 3.88. The molecular formula is C18H39Ca. The molecule has 1 heteroatoms. The van der Waals surface area contributed by atoms with Crippen LogP contribution in [0.3, 0.4) is 0 Å². The van der Waals surface area contributed by atoms with E-state index in [1.54, 1.807) is 0 Å². The summed E-state index contributed by atoms with van der Waals surface area (Å²) in [5.74, 6) is 0. The molecule has 0 aromatic rings. The zero-order valence-corrected chi connectivity index (χ0v) is 13.0. The van der Waals surface area contributed by atoms with E-state index in [1.165, 1.54) is 96.3 Å². The zero-order chi connectivity index (χ0) is 13.3. The van der Waals surface area contributed by atoms with Gasteiger partial charge in [-0.2, -0.15) is 0 Å². The van der Waals surface area contributed by atoms with Gasteiger partial charge >= 0.3 is 37.7 Å². The summed E-state index contributed by atoms with van der Waals surface area (Å²) in [6, 6.07) is 0. The van der Waals surface area contributed by atoms with Crippen molar-refractivity contribution in [3.63, 3.8) is 0 Å². The first-order chi connectivity index (χ1) is 8.91. The van der Waals surface area contributed by atoms with Crippen LogP contribution < -0.4 is 0 Å². The third-order valence-electron chi connectivity index (χ3n) is 3.85. The second-order valence-corrected chi connectivity index (χ2v) is 5.80. The van der Waals surface area contributed by atoms with Crippen molar-refractivity contribution >= 4 is 37.7 Å². The van der Waals surface area contributed by atoms with E-state index in [4.69, 9.17) is 0 Å². The van der Waals surface area contributed by atoms with Crippen LogP contribution in [0.5, 0.6) is 0 Å². The number of rotatable bonds is 15. The van der Waals surface area contributed by atoms with E-state index in [-0.39, 0.29) is 37.7 Å². The van der Waals surface area contributed by atoms with Crippen molar-refractivity contribution in [3.05, 3.63) is 6.92 Å². The molecular weight excluding hydrogens is 256 g/mol. The van der Waals surface area contributed by atoms with Crippen LogP contribution in [-0.2, 0) is 0 Å². The van der Waals surface area contributed by atoms with Gasteiger partial charge in [0.15, 0.2) is 0 Å². The van der Waals surface area contributed by atoms with Gasteiger partial charge < -0.3 is 0 Å². The molecule has 0 atom stereocenters. The van der Waals surface area contributed by atoms with Gasteiger partial charge in [-0.05, 0) is 0 Å². The summed E-state index contributed by atoms with van der Waals surface area (Å²) in [6.45, 7) is 6.18. The minimum absolute atomic E-state index is 0. The van der Waals surface area contributed by atoms with Crippen LogP contribution in [0, 0.1) is 6.92 Å². The molecule has 0 amide bonds. The molecule has 0 nitrogen and oxygen atoms in total. The topological polar surface area (TPSA) is 0 Å². The van der Waals surface area contributed by atoms with Crippen LogP contribution in [0.25, 0.3) is 0 Å². The summed E-state index contributed by atoms with van der Waals surface area (Å²) < 4.78 is 0.